The highest BCUT2D eigenvalue weighted by atomic mass is 19.1. The average Bonchev–Trinajstić information content (AvgIpc) is 3.33. The number of hydrogen-bond acceptors (Lipinski definition) is 3. The molecule has 1 fully saturated rings. The van der Waals surface area contributed by atoms with Crippen LogP contribution < -0.4 is 5.32 Å². The number of amides is 1. The molecular formula is C20H21FN4O2. The van der Waals surface area contributed by atoms with Gasteiger partial charge in [0.25, 0.3) is 5.91 Å². The summed E-state index contributed by atoms with van der Waals surface area (Å²) in [6, 6.07) is 7.90. The van der Waals surface area contributed by atoms with Gasteiger partial charge in [0.15, 0.2) is 0 Å². The van der Waals surface area contributed by atoms with Gasteiger partial charge >= 0.3 is 0 Å². The first-order valence-electron chi connectivity index (χ1n) is 9.03. The molecule has 1 aliphatic heterocycles. The van der Waals surface area contributed by atoms with E-state index in [1.165, 1.54) is 12.1 Å². The van der Waals surface area contributed by atoms with Crippen molar-refractivity contribution < 1.29 is 13.9 Å². The molecule has 3 heterocycles. The topological polar surface area (TPSA) is 71.9 Å². The summed E-state index contributed by atoms with van der Waals surface area (Å²) in [5.74, 6) is 0.0304. The van der Waals surface area contributed by atoms with Crippen molar-refractivity contribution in [3.05, 3.63) is 60.4 Å². The lowest BCUT2D eigenvalue weighted by Crippen LogP contribution is -2.20. The van der Waals surface area contributed by atoms with Crippen molar-refractivity contribution >= 4 is 11.6 Å². The second-order valence-electron chi connectivity index (χ2n) is 6.77. The Bertz CT molecular complexity index is 910. The van der Waals surface area contributed by atoms with Crippen LogP contribution in [0.25, 0.3) is 11.1 Å². The standard InChI is InChI=1S/C20H21FN4O2/c21-17-3-1-15(2-4-17)16-9-19(22-10-16)20(26)24-18-11-23-25(13-18)12-14-5-7-27-8-6-14/h1-4,9-11,13-14,22H,5-8,12H2,(H,24,26). The van der Waals surface area contributed by atoms with E-state index in [0.717, 1.165) is 43.7 Å². The molecule has 0 bridgehead atoms. The number of H-pyrrole nitrogens is 1. The van der Waals surface area contributed by atoms with Gasteiger partial charge in [0.05, 0.1) is 11.9 Å². The van der Waals surface area contributed by atoms with Crippen LogP contribution in [0.15, 0.2) is 48.9 Å². The maximum Gasteiger partial charge on any atom is 0.272 e. The first-order chi connectivity index (χ1) is 13.2. The predicted molar refractivity (Wildman–Crippen MR) is 99.9 cm³/mol. The van der Waals surface area contributed by atoms with Gasteiger partial charge in [0.1, 0.15) is 11.5 Å². The van der Waals surface area contributed by atoms with Gasteiger partial charge in [-0.25, -0.2) is 4.39 Å². The van der Waals surface area contributed by atoms with Crippen LogP contribution in [-0.4, -0.2) is 33.9 Å². The van der Waals surface area contributed by atoms with Crippen molar-refractivity contribution in [3.8, 4) is 11.1 Å². The van der Waals surface area contributed by atoms with Crippen LogP contribution in [0.3, 0.4) is 0 Å². The predicted octanol–water partition coefficient (Wildman–Crippen LogP) is 3.70. The maximum absolute atomic E-state index is 13.0. The Morgan fingerprint density at radius 3 is 2.81 bits per heavy atom. The van der Waals surface area contributed by atoms with Crippen LogP contribution in [0.1, 0.15) is 23.3 Å². The fraction of sp³-hybridized carbons (Fsp3) is 0.300. The van der Waals surface area contributed by atoms with E-state index >= 15 is 0 Å². The number of aromatic nitrogens is 3. The number of carbonyl (C=O) groups excluding carboxylic acids is 1. The molecule has 140 valence electrons. The molecular weight excluding hydrogens is 347 g/mol. The second kappa shape index (κ2) is 7.75. The number of carbonyl (C=O) groups is 1. The van der Waals surface area contributed by atoms with Gasteiger partial charge in [-0.2, -0.15) is 5.10 Å². The Morgan fingerprint density at radius 2 is 2.04 bits per heavy atom. The highest BCUT2D eigenvalue weighted by Crippen LogP contribution is 2.21. The molecule has 0 radical (unpaired) electrons. The van der Waals surface area contributed by atoms with Crippen LogP contribution in [0, 0.1) is 11.7 Å². The van der Waals surface area contributed by atoms with Crippen LogP contribution in [-0.2, 0) is 11.3 Å². The number of hydrogen-bond donors (Lipinski definition) is 2. The van der Waals surface area contributed by atoms with Crippen molar-refractivity contribution in [2.75, 3.05) is 18.5 Å². The molecule has 0 aliphatic carbocycles. The van der Waals surface area contributed by atoms with Crippen LogP contribution in [0.5, 0.6) is 0 Å². The smallest absolute Gasteiger partial charge is 0.272 e. The van der Waals surface area contributed by atoms with Crippen molar-refractivity contribution in [2.45, 2.75) is 19.4 Å². The average molecular weight is 368 g/mol. The van der Waals surface area contributed by atoms with E-state index in [1.54, 1.807) is 30.6 Å². The van der Waals surface area contributed by atoms with E-state index in [1.807, 2.05) is 10.9 Å². The molecule has 1 saturated heterocycles. The number of benzene rings is 1. The summed E-state index contributed by atoms with van der Waals surface area (Å²) >= 11 is 0. The van der Waals surface area contributed by atoms with E-state index in [9.17, 15) is 9.18 Å². The molecule has 0 atom stereocenters. The SMILES string of the molecule is O=C(Nc1cnn(CC2CCOCC2)c1)c1cc(-c2ccc(F)cc2)c[nH]1. The Labute approximate surface area is 156 Å². The number of anilines is 1. The molecule has 1 aromatic carbocycles. The Morgan fingerprint density at radius 1 is 1.26 bits per heavy atom. The second-order valence-corrected chi connectivity index (χ2v) is 6.77. The molecule has 0 saturated carbocycles. The van der Waals surface area contributed by atoms with E-state index in [4.69, 9.17) is 4.74 Å². The van der Waals surface area contributed by atoms with Crippen LogP contribution >= 0.6 is 0 Å². The van der Waals surface area contributed by atoms with E-state index in [0.29, 0.717) is 17.3 Å². The molecule has 1 aliphatic rings. The summed E-state index contributed by atoms with van der Waals surface area (Å²) in [5, 5.41) is 7.19. The van der Waals surface area contributed by atoms with Crippen molar-refractivity contribution in [3.63, 3.8) is 0 Å². The highest BCUT2D eigenvalue weighted by Gasteiger charge is 2.16. The summed E-state index contributed by atoms with van der Waals surface area (Å²) in [6.45, 7) is 2.44. The van der Waals surface area contributed by atoms with Gasteiger partial charge in [0, 0.05) is 32.2 Å². The molecule has 3 aromatic rings. The lowest BCUT2D eigenvalue weighted by molar-refractivity contribution is 0.0601. The van der Waals surface area contributed by atoms with Crippen molar-refractivity contribution in [2.24, 2.45) is 5.92 Å². The lowest BCUT2D eigenvalue weighted by Gasteiger charge is -2.21. The largest absolute Gasteiger partial charge is 0.381 e. The van der Waals surface area contributed by atoms with Gasteiger partial charge in [-0.1, -0.05) is 12.1 Å². The third-order valence-corrected chi connectivity index (χ3v) is 4.78. The van der Waals surface area contributed by atoms with E-state index < -0.39 is 0 Å². The summed E-state index contributed by atoms with van der Waals surface area (Å²) in [5.41, 5.74) is 2.77. The minimum Gasteiger partial charge on any atom is -0.381 e. The molecule has 0 unspecified atom stereocenters. The number of ether oxygens (including phenoxy) is 1. The van der Waals surface area contributed by atoms with Gasteiger partial charge in [-0.3, -0.25) is 9.48 Å². The fourth-order valence-corrected chi connectivity index (χ4v) is 3.25. The lowest BCUT2D eigenvalue weighted by atomic mass is 10.0. The molecule has 27 heavy (non-hydrogen) atoms. The third-order valence-electron chi connectivity index (χ3n) is 4.78. The molecule has 6 nitrogen and oxygen atoms in total. The first-order valence-corrected chi connectivity index (χ1v) is 9.03. The number of nitrogens with one attached hydrogen (secondary N) is 2. The van der Waals surface area contributed by atoms with Crippen molar-refractivity contribution in [1.82, 2.24) is 14.8 Å². The zero-order valence-electron chi connectivity index (χ0n) is 14.8. The fourth-order valence-electron chi connectivity index (χ4n) is 3.25. The third kappa shape index (κ3) is 4.25. The molecule has 4 rings (SSSR count). The number of aromatic amines is 1. The number of rotatable bonds is 5. The van der Waals surface area contributed by atoms with Crippen LogP contribution in [0.4, 0.5) is 10.1 Å². The molecule has 0 spiro atoms. The highest BCUT2D eigenvalue weighted by molar-refractivity contribution is 6.03. The molecule has 2 N–H and O–H groups in total. The van der Waals surface area contributed by atoms with Crippen LogP contribution in [0.2, 0.25) is 0 Å². The minimum atomic E-state index is -0.287. The Hall–Kier alpha value is -2.93. The molecule has 7 heteroatoms. The summed E-state index contributed by atoms with van der Waals surface area (Å²) < 4.78 is 20.3. The summed E-state index contributed by atoms with van der Waals surface area (Å²) in [4.78, 5) is 15.4. The van der Waals surface area contributed by atoms with E-state index in [-0.39, 0.29) is 11.7 Å². The quantitative estimate of drug-likeness (QED) is 0.721. The first kappa shape index (κ1) is 17.5. The molecule has 1 amide bonds. The minimum absolute atomic E-state index is 0.242. The van der Waals surface area contributed by atoms with E-state index in [2.05, 4.69) is 15.4 Å². The van der Waals surface area contributed by atoms with Gasteiger partial charge < -0.3 is 15.0 Å². The number of halogens is 1. The molecule has 2 aromatic heterocycles. The Kier molecular flexibility index (Phi) is 5.02. The maximum atomic E-state index is 13.0. The van der Waals surface area contributed by atoms with Gasteiger partial charge in [0.2, 0.25) is 0 Å². The van der Waals surface area contributed by atoms with Gasteiger partial charge in [-0.15, -0.1) is 0 Å². The summed E-state index contributed by atoms with van der Waals surface area (Å²) in [7, 11) is 0. The zero-order valence-corrected chi connectivity index (χ0v) is 14.8. The summed E-state index contributed by atoms with van der Waals surface area (Å²) in [6.07, 6.45) is 7.31. The Balaban J connectivity index is 1.38. The van der Waals surface area contributed by atoms with Gasteiger partial charge in [-0.05, 0) is 48.1 Å². The number of nitrogens with zero attached hydrogens (tertiary/aromatic N) is 2. The monoisotopic (exact) mass is 368 g/mol. The van der Waals surface area contributed by atoms with Crippen molar-refractivity contribution in [1.29, 1.82) is 0 Å². The zero-order chi connectivity index (χ0) is 18.6. The normalized spacial score (nSPS) is 15.0.